The summed E-state index contributed by atoms with van der Waals surface area (Å²) in [6.45, 7) is 1.88. The fourth-order valence-electron chi connectivity index (χ4n) is 2.84. The summed E-state index contributed by atoms with van der Waals surface area (Å²) in [4.78, 5) is 26.9. The van der Waals surface area contributed by atoms with Gasteiger partial charge < -0.3 is 15.5 Å². The van der Waals surface area contributed by atoms with Crippen LogP contribution in [0.25, 0.3) is 6.08 Å². The first kappa shape index (κ1) is 21.8. The van der Waals surface area contributed by atoms with Crippen molar-refractivity contribution in [2.75, 3.05) is 6.54 Å². The van der Waals surface area contributed by atoms with Crippen LogP contribution in [0.5, 0.6) is 11.5 Å². The molecule has 6 nitrogen and oxygen atoms in total. The van der Waals surface area contributed by atoms with Crippen molar-refractivity contribution < 1.29 is 24.2 Å². The van der Waals surface area contributed by atoms with Crippen LogP contribution in [0.15, 0.2) is 47.4 Å². The molecule has 0 aromatic heterocycles. The van der Waals surface area contributed by atoms with Gasteiger partial charge in [-0.25, -0.2) is 4.39 Å². The average molecular weight is 447 g/mol. The molecule has 3 rings (SSSR count). The fraction of sp³-hybridized carbons (Fsp3) is 0.190. The normalized spacial score (nSPS) is 16.2. The number of benzene rings is 2. The number of nitrogens with zero attached hydrogens (tertiary/aromatic N) is 1. The van der Waals surface area contributed by atoms with E-state index in [1.165, 1.54) is 29.2 Å². The van der Waals surface area contributed by atoms with E-state index in [4.69, 9.17) is 12.2 Å². The maximum atomic E-state index is 13.1. The maximum absolute atomic E-state index is 13.1. The van der Waals surface area contributed by atoms with E-state index in [1.54, 1.807) is 31.2 Å². The van der Waals surface area contributed by atoms with E-state index in [-0.39, 0.29) is 40.0 Å². The van der Waals surface area contributed by atoms with E-state index >= 15 is 0 Å². The lowest BCUT2D eigenvalue weighted by atomic mass is 10.1. The molecule has 0 radical (unpaired) electrons. The van der Waals surface area contributed by atoms with E-state index in [0.717, 1.165) is 17.3 Å². The average Bonchev–Trinajstić information content (AvgIpc) is 2.98. The number of thiocarbonyl (C=S) groups is 1. The first-order valence-corrected chi connectivity index (χ1v) is 10.3. The van der Waals surface area contributed by atoms with Crippen LogP contribution in [-0.2, 0) is 16.0 Å². The summed E-state index contributed by atoms with van der Waals surface area (Å²) in [5, 5.41) is 21.6. The van der Waals surface area contributed by atoms with Gasteiger partial charge in [0.2, 0.25) is 5.91 Å². The summed E-state index contributed by atoms with van der Waals surface area (Å²) < 4.78 is 13.3. The third kappa shape index (κ3) is 4.98. The lowest BCUT2D eigenvalue weighted by molar-refractivity contribution is -0.132. The van der Waals surface area contributed by atoms with Crippen LogP contribution in [0.2, 0.25) is 0 Å². The van der Waals surface area contributed by atoms with Crippen LogP contribution in [0, 0.1) is 5.82 Å². The molecule has 0 spiro atoms. The van der Waals surface area contributed by atoms with Gasteiger partial charge in [-0.15, -0.1) is 0 Å². The number of aromatic hydroxyl groups is 2. The van der Waals surface area contributed by atoms with Crippen molar-refractivity contribution in [1.82, 2.24) is 10.2 Å². The Morgan fingerprint density at radius 2 is 1.93 bits per heavy atom. The highest BCUT2D eigenvalue weighted by Crippen LogP contribution is 2.34. The Bertz CT molecular complexity index is 1020. The van der Waals surface area contributed by atoms with Crippen molar-refractivity contribution in [2.45, 2.75) is 19.4 Å². The van der Waals surface area contributed by atoms with Crippen LogP contribution in [0.3, 0.4) is 0 Å². The van der Waals surface area contributed by atoms with Gasteiger partial charge in [-0.3, -0.25) is 14.5 Å². The zero-order valence-electron chi connectivity index (χ0n) is 16.0. The molecule has 156 valence electrons. The van der Waals surface area contributed by atoms with E-state index < -0.39 is 6.04 Å². The smallest absolute Gasteiger partial charge is 0.266 e. The summed E-state index contributed by atoms with van der Waals surface area (Å²) in [5.41, 5.74) is 1.40. The van der Waals surface area contributed by atoms with E-state index in [0.29, 0.717) is 16.9 Å². The number of halogens is 1. The number of nitrogens with one attached hydrogen (secondary N) is 1. The fourth-order valence-corrected chi connectivity index (χ4v) is 4.26. The molecule has 1 aliphatic heterocycles. The SMILES string of the molecule is CC(C(=O)NCCc1ccc(O)c(O)c1)N1C(=O)C(=Cc2ccc(F)cc2)SC1=S. The molecular weight excluding hydrogens is 427 g/mol. The quantitative estimate of drug-likeness (QED) is 0.359. The standard InChI is InChI=1S/C21H19FN2O4S2/c1-12(19(27)23-9-8-14-4-7-16(25)17(26)10-14)24-20(28)18(30-21(24)29)11-13-2-5-15(22)6-3-13/h2-7,10-12,25-26H,8-9H2,1H3,(H,23,27). The third-order valence-corrected chi connectivity index (χ3v) is 5.84. The first-order chi connectivity index (χ1) is 14.3. The number of hydrogen-bond donors (Lipinski definition) is 3. The minimum atomic E-state index is -0.801. The summed E-state index contributed by atoms with van der Waals surface area (Å²) in [6.07, 6.45) is 2.05. The van der Waals surface area contributed by atoms with Gasteiger partial charge in [-0.2, -0.15) is 0 Å². The molecule has 1 saturated heterocycles. The maximum Gasteiger partial charge on any atom is 0.266 e. The first-order valence-electron chi connectivity index (χ1n) is 9.07. The molecule has 1 aliphatic rings. The number of carbonyl (C=O) groups excluding carboxylic acids is 2. The molecule has 3 N–H and O–H groups in total. The topological polar surface area (TPSA) is 89.9 Å². The summed E-state index contributed by atoms with van der Waals surface area (Å²) in [5.74, 6) is -1.54. The Morgan fingerprint density at radius 3 is 2.60 bits per heavy atom. The Hall–Kier alpha value is -2.91. The molecule has 2 amide bonds. The van der Waals surface area contributed by atoms with Crippen molar-refractivity contribution in [3.8, 4) is 11.5 Å². The lowest BCUT2D eigenvalue weighted by Crippen LogP contribution is -2.47. The van der Waals surface area contributed by atoms with Crippen LogP contribution in [0.1, 0.15) is 18.1 Å². The number of hydrogen-bond acceptors (Lipinski definition) is 6. The monoisotopic (exact) mass is 446 g/mol. The van der Waals surface area contributed by atoms with Gasteiger partial charge in [0.05, 0.1) is 4.91 Å². The highest BCUT2D eigenvalue weighted by Gasteiger charge is 2.38. The molecule has 9 heteroatoms. The molecule has 2 aromatic rings. The summed E-state index contributed by atoms with van der Waals surface area (Å²) in [7, 11) is 0. The largest absolute Gasteiger partial charge is 0.504 e. The number of phenolic OH excluding ortho intramolecular Hbond substituents is 2. The highest BCUT2D eigenvalue weighted by molar-refractivity contribution is 8.26. The second kappa shape index (κ2) is 9.27. The van der Waals surface area contributed by atoms with Crippen LogP contribution in [-0.4, -0.2) is 43.8 Å². The van der Waals surface area contributed by atoms with Gasteiger partial charge >= 0.3 is 0 Å². The van der Waals surface area contributed by atoms with Gasteiger partial charge in [0.25, 0.3) is 5.91 Å². The predicted octanol–water partition coefficient (Wildman–Crippen LogP) is 3.19. The van der Waals surface area contributed by atoms with Gasteiger partial charge in [0, 0.05) is 6.54 Å². The number of phenols is 2. The molecule has 2 aromatic carbocycles. The van der Waals surface area contributed by atoms with Crippen molar-refractivity contribution >= 4 is 46.2 Å². The van der Waals surface area contributed by atoms with Crippen molar-refractivity contribution in [2.24, 2.45) is 0 Å². The molecule has 30 heavy (non-hydrogen) atoms. The van der Waals surface area contributed by atoms with Gasteiger partial charge in [0.1, 0.15) is 16.2 Å². The third-order valence-electron chi connectivity index (χ3n) is 4.51. The zero-order valence-corrected chi connectivity index (χ0v) is 17.6. The molecule has 1 fully saturated rings. The van der Waals surface area contributed by atoms with Crippen LogP contribution < -0.4 is 5.32 Å². The zero-order chi connectivity index (χ0) is 21.8. The van der Waals surface area contributed by atoms with Crippen molar-refractivity contribution in [3.63, 3.8) is 0 Å². The van der Waals surface area contributed by atoms with Crippen molar-refractivity contribution in [1.29, 1.82) is 0 Å². The summed E-state index contributed by atoms with van der Waals surface area (Å²) in [6, 6.07) is 9.36. The van der Waals surface area contributed by atoms with Crippen LogP contribution in [0.4, 0.5) is 4.39 Å². The molecule has 0 bridgehead atoms. The predicted molar refractivity (Wildman–Crippen MR) is 117 cm³/mol. The van der Waals surface area contributed by atoms with Gasteiger partial charge in [-0.1, -0.05) is 42.2 Å². The van der Waals surface area contributed by atoms with E-state index in [9.17, 15) is 24.2 Å². The Balaban J connectivity index is 1.60. The number of thioether (sulfide) groups is 1. The molecule has 1 heterocycles. The Labute approximate surface area is 182 Å². The van der Waals surface area contributed by atoms with Crippen LogP contribution >= 0.6 is 24.0 Å². The molecular formula is C21H19FN2O4S2. The van der Waals surface area contributed by atoms with Gasteiger partial charge in [0.15, 0.2) is 11.5 Å². The minimum absolute atomic E-state index is 0.209. The molecule has 1 unspecified atom stereocenters. The van der Waals surface area contributed by atoms with Crippen molar-refractivity contribution in [3.05, 3.63) is 64.3 Å². The highest BCUT2D eigenvalue weighted by atomic mass is 32.2. The Morgan fingerprint density at radius 1 is 1.23 bits per heavy atom. The second-order valence-electron chi connectivity index (χ2n) is 6.64. The molecule has 0 aliphatic carbocycles. The molecule has 1 atom stereocenters. The Kier molecular flexibility index (Phi) is 6.73. The van der Waals surface area contributed by atoms with E-state index in [1.807, 2.05) is 0 Å². The van der Waals surface area contributed by atoms with Gasteiger partial charge in [-0.05, 0) is 54.8 Å². The second-order valence-corrected chi connectivity index (χ2v) is 8.32. The number of carbonyl (C=O) groups is 2. The molecule has 0 saturated carbocycles. The van der Waals surface area contributed by atoms with E-state index in [2.05, 4.69) is 5.32 Å². The lowest BCUT2D eigenvalue weighted by Gasteiger charge is -2.22. The number of amides is 2. The number of rotatable bonds is 6. The minimum Gasteiger partial charge on any atom is -0.504 e. The summed E-state index contributed by atoms with van der Waals surface area (Å²) >= 11 is 6.37.